The molecule has 7 heteroatoms. The summed E-state index contributed by atoms with van der Waals surface area (Å²) in [6.07, 6.45) is 3.81. The maximum atomic E-state index is 6.13. The first-order chi connectivity index (χ1) is 14.6. The van der Waals surface area contributed by atoms with Crippen molar-refractivity contribution in [2.24, 2.45) is 5.92 Å². The number of rotatable bonds is 6. The fraction of sp³-hybridized carbons (Fsp3) is 0.391. The lowest BCUT2D eigenvalue weighted by Gasteiger charge is -2.33. The van der Waals surface area contributed by atoms with Gasteiger partial charge in [0.1, 0.15) is 12.1 Å². The minimum Gasteiger partial charge on any atom is -0.493 e. The molecule has 0 radical (unpaired) electrons. The van der Waals surface area contributed by atoms with Crippen molar-refractivity contribution in [3.8, 4) is 11.5 Å². The summed E-state index contributed by atoms with van der Waals surface area (Å²) in [7, 11) is 3.28. The second kappa shape index (κ2) is 8.65. The molecule has 158 valence electrons. The van der Waals surface area contributed by atoms with Crippen LogP contribution < -0.4 is 25.4 Å². The van der Waals surface area contributed by atoms with Crippen LogP contribution in [-0.4, -0.2) is 43.8 Å². The molecule has 1 aliphatic rings. The largest absolute Gasteiger partial charge is 0.493 e. The molecule has 3 aromatic rings. The number of nitrogens with one attached hydrogen (secondary N) is 1. The van der Waals surface area contributed by atoms with E-state index in [0.29, 0.717) is 17.4 Å². The van der Waals surface area contributed by atoms with Gasteiger partial charge in [-0.15, -0.1) is 0 Å². The summed E-state index contributed by atoms with van der Waals surface area (Å²) in [4.78, 5) is 11.3. The molecule has 1 aliphatic heterocycles. The number of hydrogen-bond acceptors (Lipinski definition) is 7. The molecular weight excluding hydrogens is 378 g/mol. The zero-order valence-corrected chi connectivity index (χ0v) is 17.8. The maximum absolute atomic E-state index is 6.13. The second-order valence-electron chi connectivity index (χ2n) is 7.82. The number of anilines is 3. The summed E-state index contributed by atoms with van der Waals surface area (Å²) >= 11 is 0. The van der Waals surface area contributed by atoms with E-state index in [4.69, 9.17) is 15.2 Å². The molecule has 0 amide bonds. The molecule has 3 N–H and O–H groups in total. The Morgan fingerprint density at radius 1 is 1.07 bits per heavy atom. The van der Waals surface area contributed by atoms with Crippen molar-refractivity contribution in [1.82, 2.24) is 9.97 Å². The van der Waals surface area contributed by atoms with Crippen LogP contribution in [0.4, 0.5) is 17.2 Å². The number of methoxy groups -OCH3 is 2. The molecule has 1 saturated heterocycles. The van der Waals surface area contributed by atoms with Crippen LogP contribution in [0, 0.1) is 12.8 Å². The zero-order chi connectivity index (χ0) is 21.1. The lowest BCUT2D eigenvalue weighted by Crippen LogP contribution is -2.36. The van der Waals surface area contributed by atoms with Crippen molar-refractivity contribution in [2.75, 3.05) is 49.8 Å². The minimum absolute atomic E-state index is 0.602. The minimum atomic E-state index is 0.602. The van der Waals surface area contributed by atoms with Crippen LogP contribution in [0.1, 0.15) is 18.4 Å². The van der Waals surface area contributed by atoms with Gasteiger partial charge in [-0.1, -0.05) is 6.07 Å². The highest BCUT2D eigenvalue weighted by Gasteiger charge is 2.22. The number of ether oxygens (including phenoxy) is 2. The molecule has 0 spiro atoms. The molecule has 0 aliphatic carbocycles. The van der Waals surface area contributed by atoms with E-state index in [2.05, 4.69) is 39.2 Å². The summed E-state index contributed by atoms with van der Waals surface area (Å²) in [6.45, 7) is 4.89. The van der Waals surface area contributed by atoms with E-state index in [1.165, 1.54) is 5.56 Å². The highest BCUT2D eigenvalue weighted by atomic mass is 16.5. The number of aromatic nitrogens is 2. The van der Waals surface area contributed by atoms with Crippen molar-refractivity contribution in [1.29, 1.82) is 0 Å². The summed E-state index contributed by atoms with van der Waals surface area (Å²) in [5.74, 6) is 2.92. The number of piperidine rings is 1. The van der Waals surface area contributed by atoms with Crippen LogP contribution in [0.5, 0.6) is 11.5 Å². The number of benzene rings is 2. The summed E-state index contributed by atoms with van der Waals surface area (Å²) in [5.41, 5.74) is 9.99. The van der Waals surface area contributed by atoms with Crippen LogP contribution in [0.25, 0.3) is 10.9 Å². The summed E-state index contributed by atoms with van der Waals surface area (Å²) < 4.78 is 10.9. The third-order valence-electron chi connectivity index (χ3n) is 5.82. The second-order valence-corrected chi connectivity index (χ2v) is 7.82. The van der Waals surface area contributed by atoms with Crippen molar-refractivity contribution < 1.29 is 9.47 Å². The topological polar surface area (TPSA) is 85.5 Å². The van der Waals surface area contributed by atoms with E-state index < -0.39 is 0 Å². The Kier molecular flexibility index (Phi) is 5.79. The standard InChI is InChI=1S/C23H29N5O2/c1-15-4-5-19(18(24)10-15)25-13-16-6-8-28(9-7-16)23-17-11-21(29-2)22(30-3)12-20(17)26-14-27-23/h4-5,10-12,14,16,25H,6-9,13,24H2,1-3H3. The van der Waals surface area contributed by atoms with Gasteiger partial charge in [0, 0.05) is 31.1 Å². The first-order valence-corrected chi connectivity index (χ1v) is 10.3. The van der Waals surface area contributed by atoms with Gasteiger partial charge in [0.05, 0.1) is 31.1 Å². The molecule has 0 unspecified atom stereocenters. The van der Waals surface area contributed by atoms with Crippen LogP contribution in [0.3, 0.4) is 0 Å². The molecule has 30 heavy (non-hydrogen) atoms. The highest BCUT2D eigenvalue weighted by molar-refractivity contribution is 5.92. The Morgan fingerprint density at radius 3 is 2.50 bits per heavy atom. The van der Waals surface area contributed by atoms with E-state index in [0.717, 1.165) is 60.6 Å². The molecule has 1 fully saturated rings. The van der Waals surface area contributed by atoms with Gasteiger partial charge < -0.3 is 25.4 Å². The molecular formula is C23H29N5O2. The molecule has 1 aromatic heterocycles. The lowest BCUT2D eigenvalue weighted by molar-refractivity contribution is 0.355. The van der Waals surface area contributed by atoms with Gasteiger partial charge in [0.2, 0.25) is 0 Å². The highest BCUT2D eigenvalue weighted by Crippen LogP contribution is 2.35. The molecule has 2 aromatic carbocycles. The van der Waals surface area contributed by atoms with E-state index in [1.807, 2.05) is 18.2 Å². The van der Waals surface area contributed by atoms with Crippen LogP contribution in [-0.2, 0) is 0 Å². The number of fused-ring (bicyclic) bond motifs is 1. The quantitative estimate of drug-likeness (QED) is 0.600. The maximum Gasteiger partial charge on any atom is 0.162 e. The third-order valence-corrected chi connectivity index (χ3v) is 5.82. The molecule has 0 atom stereocenters. The van der Waals surface area contributed by atoms with Crippen LogP contribution in [0.15, 0.2) is 36.7 Å². The fourth-order valence-corrected chi connectivity index (χ4v) is 4.07. The molecule has 0 bridgehead atoms. The molecule has 0 saturated carbocycles. The predicted octanol–water partition coefficient (Wildman–Crippen LogP) is 3.87. The zero-order valence-electron chi connectivity index (χ0n) is 17.8. The van der Waals surface area contributed by atoms with E-state index >= 15 is 0 Å². The van der Waals surface area contributed by atoms with Gasteiger partial charge in [-0.2, -0.15) is 0 Å². The predicted molar refractivity (Wildman–Crippen MR) is 122 cm³/mol. The van der Waals surface area contributed by atoms with Crippen LogP contribution >= 0.6 is 0 Å². The Morgan fingerprint density at radius 2 is 1.80 bits per heavy atom. The average molecular weight is 408 g/mol. The fourth-order valence-electron chi connectivity index (χ4n) is 4.07. The van der Waals surface area contributed by atoms with Gasteiger partial charge in [-0.3, -0.25) is 0 Å². The average Bonchev–Trinajstić information content (AvgIpc) is 2.77. The normalized spacial score (nSPS) is 14.7. The number of nitrogens with two attached hydrogens (primary N) is 1. The van der Waals surface area contributed by atoms with Crippen molar-refractivity contribution in [3.05, 3.63) is 42.2 Å². The number of hydrogen-bond donors (Lipinski definition) is 2. The van der Waals surface area contributed by atoms with Crippen molar-refractivity contribution >= 4 is 28.1 Å². The molecule has 4 rings (SSSR count). The van der Waals surface area contributed by atoms with Crippen LogP contribution in [0.2, 0.25) is 0 Å². The van der Waals surface area contributed by atoms with Crippen molar-refractivity contribution in [3.63, 3.8) is 0 Å². The van der Waals surface area contributed by atoms with Gasteiger partial charge >= 0.3 is 0 Å². The van der Waals surface area contributed by atoms with Gasteiger partial charge in [-0.25, -0.2) is 9.97 Å². The number of aryl methyl sites for hydroxylation is 1. The van der Waals surface area contributed by atoms with Gasteiger partial charge in [0.25, 0.3) is 0 Å². The van der Waals surface area contributed by atoms with E-state index in [-0.39, 0.29) is 0 Å². The van der Waals surface area contributed by atoms with Gasteiger partial charge in [0.15, 0.2) is 11.5 Å². The smallest absolute Gasteiger partial charge is 0.162 e. The van der Waals surface area contributed by atoms with Gasteiger partial charge in [-0.05, 0) is 49.4 Å². The summed E-state index contributed by atoms with van der Waals surface area (Å²) in [5, 5.41) is 4.51. The monoisotopic (exact) mass is 407 g/mol. The number of nitrogen functional groups attached to an aromatic ring is 1. The Hall–Kier alpha value is -3.22. The summed E-state index contributed by atoms with van der Waals surface area (Å²) in [6, 6.07) is 10.0. The first kappa shape index (κ1) is 20.1. The Bertz CT molecular complexity index is 1030. The van der Waals surface area contributed by atoms with E-state index in [1.54, 1.807) is 20.5 Å². The Labute approximate surface area is 177 Å². The van der Waals surface area contributed by atoms with E-state index in [9.17, 15) is 0 Å². The Balaban J connectivity index is 1.44. The third kappa shape index (κ3) is 4.06. The lowest BCUT2D eigenvalue weighted by atomic mass is 9.96. The van der Waals surface area contributed by atoms with Crippen molar-refractivity contribution in [2.45, 2.75) is 19.8 Å². The SMILES string of the molecule is COc1cc2ncnc(N3CCC(CNc4ccc(C)cc4N)CC3)c2cc1OC. The first-order valence-electron chi connectivity index (χ1n) is 10.3. The molecule has 2 heterocycles. The molecule has 7 nitrogen and oxygen atoms in total. The number of nitrogens with zero attached hydrogens (tertiary/aromatic N) is 3.